The van der Waals surface area contributed by atoms with E-state index in [2.05, 4.69) is 16.3 Å². The van der Waals surface area contributed by atoms with Crippen molar-refractivity contribution in [2.75, 3.05) is 0 Å². The maximum atomic E-state index is 12.8. The van der Waals surface area contributed by atoms with Gasteiger partial charge in [0.2, 0.25) is 0 Å². The molecule has 0 saturated carbocycles. The third-order valence-corrected chi connectivity index (χ3v) is 5.81. The summed E-state index contributed by atoms with van der Waals surface area (Å²) in [5, 5.41) is 9.51. The number of benzene rings is 3. The smallest absolute Gasteiger partial charge is 0.274 e. The summed E-state index contributed by atoms with van der Waals surface area (Å²) >= 11 is 1.45. The number of hydrogen-bond donors (Lipinski definition) is 0. The zero-order valence-electron chi connectivity index (χ0n) is 16.8. The van der Waals surface area contributed by atoms with Crippen LogP contribution in [0.2, 0.25) is 0 Å². The van der Waals surface area contributed by atoms with E-state index in [0.29, 0.717) is 17.3 Å². The lowest BCUT2D eigenvalue weighted by atomic mass is 10.1. The first kappa shape index (κ1) is 21.2. The van der Waals surface area contributed by atoms with E-state index in [4.69, 9.17) is 0 Å². The van der Waals surface area contributed by atoms with Gasteiger partial charge in [0, 0.05) is 17.9 Å². The molecule has 3 nitrogen and oxygen atoms in total. The third-order valence-electron chi connectivity index (χ3n) is 4.81. The van der Waals surface area contributed by atoms with Gasteiger partial charge in [0.1, 0.15) is 5.82 Å². The molecule has 0 saturated heterocycles. The molecule has 0 aliphatic rings. The highest BCUT2D eigenvalue weighted by Gasteiger charge is 2.29. The van der Waals surface area contributed by atoms with Crippen LogP contribution in [0.3, 0.4) is 0 Å². The van der Waals surface area contributed by atoms with Crippen molar-refractivity contribution in [2.24, 2.45) is 0 Å². The summed E-state index contributed by atoms with van der Waals surface area (Å²) in [6.45, 7) is 2.03. The lowest BCUT2D eigenvalue weighted by Crippen LogP contribution is -2.05. The van der Waals surface area contributed by atoms with E-state index >= 15 is 0 Å². The van der Waals surface area contributed by atoms with Gasteiger partial charge >= 0.3 is 6.18 Å². The van der Waals surface area contributed by atoms with Gasteiger partial charge in [-0.15, -0.1) is 10.2 Å². The van der Waals surface area contributed by atoms with Crippen molar-refractivity contribution in [3.63, 3.8) is 0 Å². The molecular weight excluding hydrogens is 419 g/mol. The number of aromatic nitrogens is 3. The SMILES string of the molecule is Cc1cccc(-n2c(Cc3ccccc3)nnc2SCc2ccc(C(F)(F)F)cc2)c1. The Labute approximate surface area is 183 Å². The number of thioether (sulfide) groups is 1. The Kier molecular flexibility index (Phi) is 6.13. The molecule has 0 fully saturated rings. The third kappa shape index (κ3) is 5.17. The fourth-order valence-corrected chi connectivity index (χ4v) is 4.18. The molecule has 0 N–H and O–H groups in total. The van der Waals surface area contributed by atoms with Crippen molar-refractivity contribution in [1.82, 2.24) is 14.8 Å². The van der Waals surface area contributed by atoms with Crippen molar-refractivity contribution in [2.45, 2.75) is 30.4 Å². The van der Waals surface area contributed by atoms with Crippen molar-refractivity contribution in [3.05, 3.63) is 107 Å². The molecule has 0 radical (unpaired) electrons. The van der Waals surface area contributed by atoms with Gasteiger partial charge in [-0.3, -0.25) is 4.57 Å². The van der Waals surface area contributed by atoms with E-state index in [0.717, 1.165) is 40.3 Å². The van der Waals surface area contributed by atoms with E-state index in [1.165, 1.54) is 23.9 Å². The van der Waals surface area contributed by atoms with Gasteiger partial charge in [0.25, 0.3) is 0 Å². The van der Waals surface area contributed by atoms with Crippen LogP contribution in [-0.4, -0.2) is 14.8 Å². The zero-order chi connectivity index (χ0) is 21.8. The Bertz CT molecular complexity index is 1150. The van der Waals surface area contributed by atoms with Gasteiger partial charge < -0.3 is 0 Å². The molecule has 3 aromatic carbocycles. The molecule has 0 atom stereocenters. The number of rotatable bonds is 6. The molecule has 0 spiro atoms. The zero-order valence-corrected chi connectivity index (χ0v) is 17.6. The molecule has 0 aliphatic heterocycles. The fraction of sp³-hybridized carbons (Fsp3) is 0.167. The van der Waals surface area contributed by atoms with Gasteiger partial charge in [0.15, 0.2) is 5.16 Å². The quantitative estimate of drug-likeness (QED) is 0.322. The number of alkyl halides is 3. The summed E-state index contributed by atoms with van der Waals surface area (Å²) < 4.78 is 40.4. The molecule has 0 aliphatic carbocycles. The molecule has 0 bridgehead atoms. The first-order chi connectivity index (χ1) is 14.9. The summed E-state index contributed by atoms with van der Waals surface area (Å²) in [6, 6.07) is 23.4. The highest BCUT2D eigenvalue weighted by atomic mass is 32.2. The number of aryl methyl sites for hydroxylation is 1. The van der Waals surface area contributed by atoms with Crippen LogP contribution >= 0.6 is 11.8 Å². The Morgan fingerprint density at radius 1 is 0.839 bits per heavy atom. The Morgan fingerprint density at radius 2 is 1.58 bits per heavy atom. The molecule has 0 amide bonds. The predicted octanol–water partition coefficient (Wildman–Crippen LogP) is 6.48. The van der Waals surface area contributed by atoms with E-state index in [9.17, 15) is 13.2 Å². The Hall–Kier alpha value is -3.06. The Morgan fingerprint density at radius 3 is 2.26 bits per heavy atom. The summed E-state index contributed by atoms with van der Waals surface area (Å²) in [5.74, 6) is 1.31. The number of nitrogens with zero attached hydrogens (tertiary/aromatic N) is 3. The minimum Gasteiger partial charge on any atom is -0.274 e. The lowest BCUT2D eigenvalue weighted by Gasteiger charge is -2.11. The standard InChI is InChI=1S/C24H20F3N3S/c1-17-6-5-9-21(14-17)30-22(15-18-7-3-2-4-8-18)28-29-23(30)31-16-19-10-12-20(13-11-19)24(25,26)27/h2-14H,15-16H2,1H3. The van der Waals surface area contributed by atoms with Crippen molar-refractivity contribution in [3.8, 4) is 5.69 Å². The minimum atomic E-state index is -4.33. The van der Waals surface area contributed by atoms with E-state index in [1.807, 2.05) is 60.0 Å². The van der Waals surface area contributed by atoms with Crippen LogP contribution in [0.15, 0.2) is 84.0 Å². The second-order valence-electron chi connectivity index (χ2n) is 7.22. The van der Waals surface area contributed by atoms with E-state index < -0.39 is 11.7 Å². The van der Waals surface area contributed by atoms with Crippen LogP contribution in [0, 0.1) is 6.92 Å². The second kappa shape index (κ2) is 8.98. The maximum absolute atomic E-state index is 12.8. The average Bonchev–Trinajstić information content (AvgIpc) is 3.15. The molecule has 4 aromatic rings. The fourth-order valence-electron chi connectivity index (χ4n) is 3.25. The largest absolute Gasteiger partial charge is 0.416 e. The first-order valence-corrected chi connectivity index (χ1v) is 10.7. The van der Waals surface area contributed by atoms with Gasteiger partial charge in [-0.25, -0.2) is 0 Å². The summed E-state index contributed by atoms with van der Waals surface area (Å²) in [7, 11) is 0. The number of hydrogen-bond acceptors (Lipinski definition) is 3. The molecule has 7 heteroatoms. The molecule has 0 unspecified atom stereocenters. The van der Waals surface area contributed by atoms with Gasteiger partial charge in [-0.2, -0.15) is 13.2 Å². The van der Waals surface area contributed by atoms with Gasteiger partial charge in [-0.1, -0.05) is 66.4 Å². The molecular formula is C24H20F3N3S. The van der Waals surface area contributed by atoms with Crippen LogP contribution in [0.5, 0.6) is 0 Å². The monoisotopic (exact) mass is 439 g/mol. The molecule has 31 heavy (non-hydrogen) atoms. The normalized spacial score (nSPS) is 11.6. The summed E-state index contributed by atoms with van der Waals surface area (Å²) in [4.78, 5) is 0. The maximum Gasteiger partial charge on any atom is 0.416 e. The average molecular weight is 440 g/mol. The topological polar surface area (TPSA) is 30.7 Å². The lowest BCUT2D eigenvalue weighted by molar-refractivity contribution is -0.137. The second-order valence-corrected chi connectivity index (χ2v) is 8.16. The van der Waals surface area contributed by atoms with Crippen LogP contribution < -0.4 is 0 Å². The van der Waals surface area contributed by atoms with Crippen LogP contribution in [0.25, 0.3) is 5.69 Å². The number of halogens is 3. The first-order valence-electron chi connectivity index (χ1n) is 9.74. The summed E-state index contributed by atoms with van der Waals surface area (Å²) in [5.41, 5.74) is 3.36. The highest BCUT2D eigenvalue weighted by molar-refractivity contribution is 7.98. The molecule has 1 heterocycles. The Balaban J connectivity index is 1.61. The molecule has 4 rings (SSSR count). The molecule has 1 aromatic heterocycles. The van der Waals surface area contributed by atoms with Crippen molar-refractivity contribution in [1.29, 1.82) is 0 Å². The van der Waals surface area contributed by atoms with Crippen molar-refractivity contribution < 1.29 is 13.2 Å². The minimum absolute atomic E-state index is 0.493. The van der Waals surface area contributed by atoms with Crippen molar-refractivity contribution >= 4 is 11.8 Å². The van der Waals surface area contributed by atoms with Crippen LogP contribution in [0.4, 0.5) is 13.2 Å². The van der Waals surface area contributed by atoms with E-state index in [1.54, 1.807) is 0 Å². The highest BCUT2D eigenvalue weighted by Crippen LogP contribution is 2.31. The van der Waals surface area contributed by atoms with Crippen LogP contribution in [-0.2, 0) is 18.3 Å². The summed E-state index contributed by atoms with van der Waals surface area (Å²) in [6.07, 6.45) is -3.70. The van der Waals surface area contributed by atoms with Gasteiger partial charge in [0.05, 0.1) is 5.56 Å². The predicted molar refractivity (Wildman–Crippen MR) is 116 cm³/mol. The van der Waals surface area contributed by atoms with E-state index in [-0.39, 0.29) is 0 Å². The van der Waals surface area contributed by atoms with Crippen LogP contribution in [0.1, 0.15) is 28.1 Å². The molecule has 158 valence electrons. The van der Waals surface area contributed by atoms with Gasteiger partial charge in [-0.05, 0) is 47.9 Å².